The zero-order valence-electron chi connectivity index (χ0n) is 17.3. The van der Waals surface area contributed by atoms with Gasteiger partial charge < -0.3 is 14.5 Å². The van der Waals surface area contributed by atoms with Gasteiger partial charge in [-0.15, -0.1) is 12.4 Å². The van der Waals surface area contributed by atoms with Crippen LogP contribution in [0.2, 0.25) is 0 Å². The Balaban J connectivity index is 0.00000320. The van der Waals surface area contributed by atoms with Gasteiger partial charge in [0.15, 0.2) is 0 Å². The van der Waals surface area contributed by atoms with Crippen molar-refractivity contribution in [1.82, 2.24) is 15.2 Å². The number of benzene rings is 1. The number of likely N-dealkylation sites (N-methyl/N-ethyl adjacent to an activating group) is 1. The van der Waals surface area contributed by atoms with E-state index in [1.807, 2.05) is 43.3 Å². The van der Waals surface area contributed by atoms with Crippen LogP contribution in [0.3, 0.4) is 0 Å². The lowest BCUT2D eigenvalue weighted by Gasteiger charge is -2.21. The third kappa shape index (κ3) is 6.34. The fraction of sp³-hybridized carbons (Fsp3) is 0.304. The van der Waals surface area contributed by atoms with Gasteiger partial charge in [-0.3, -0.25) is 9.69 Å². The first-order valence-corrected chi connectivity index (χ1v) is 9.82. The molecule has 30 heavy (non-hydrogen) atoms. The van der Waals surface area contributed by atoms with E-state index in [1.54, 1.807) is 19.5 Å². The van der Waals surface area contributed by atoms with E-state index in [9.17, 15) is 4.79 Å². The summed E-state index contributed by atoms with van der Waals surface area (Å²) < 4.78 is 11.2. The van der Waals surface area contributed by atoms with E-state index in [1.165, 1.54) is 5.56 Å². The van der Waals surface area contributed by atoms with E-state index in [-0.39, 0.29) is 18.3 Å². The van der Waals surface area contributed by atoms with Crippen molar-refractivity contribution in [2.45, 2.75) is 19.9 Å². The molecule has 0 atom stereocenters. The van der Waals surface area contributed by atoms with Crippen molar-refractivity contribution in [3.8, 4) is 17.0 Å². The number of hydrogen-bond donors (Lipinski definition) is 1. The molecule has 3 rings (SSSR count). The summed E-state index contributed by atoms with van der Waals surface area (Å²) in [6, 6.07) is 16.0. The maximum absolute atomic E-state index is 12.0. The van der Waals surface area contributed by atoms with Gasteiger partial charge in [-0.1, -0.05) is 24.3 Å². The zero-order chi connectivity index (χ0) is 20.5. The van der Waals surface area contributed by atoms with Crippen LogP contribution in [0, 0.1) is 0 Å². The second-order valence-electron chi connectivity index (χ2n) is 6.66. The number of amides is 1. The minimum absolute atomic E-state index is 0. The summed E-state index contributed by atoms with van der Waals surface area (Å²) in [4.78, 5) is 18.4. The van der Waals surface area contributed by atoms with Crippen molar-refractivity contribution in [3.05, 3.63) is 72.3 Å². The number of carbonyl (C=O) groups excluding carboxylic acids is 1. The lowest BCUT2D eigenvalue weighted by atomic mass is 9.98. The minimum Gasteiger partial charge on any atom is -0.478 e. The fourth-order valence-corrected chi connectivity index (χ4v) is 3.25. The highest BCUT2D eigenvalue weighted by atomic mass is 35.5. The molecule has 2 heterocycles. The molecule has 0 bridgehead atoms. The molecule has 2 aromatic heterocycles. The van der Waals surface area contributed by atoms with Crippen molar-refractivity contribution in [1.29, 1.82) is 0 Å². The highest BCUT2D eigenvalue weighted by Crippen LogP contribution is 2.31. The Labute approximate surface area is 183 Å². The second kappa shape index (κ2) is 12.0. The smallest absolute Gasteiger partial charge is 0.233 e. The molecular weight excluding hydrogens is 402 g/mol. The highest BCUT2D eigenvalue weighted by molar-refractivity contribution is 5.85. The molecule has 0 spiro atoms. The predicted octanol–water partition coefficient (Wildman–Crippen LogP) is 3.95. The minimum atomic E-state index is -0.0178. The zero-order valence-corrected chi connectivity index (χ0v) is 18.2. The molecule has 0 unspecified atom stereocenters. The van der Waals surface area contributed by atoms with E-state index in [0.717, 1.165) is 29.9 Å². The molecule has 0 saturated heterocycles. The Bertz CT molecular complexity index is 916. The number of pyridine rings is 1. The maximum Gasteiger partial charge on any atom is 0.233 e. The van der Waals surface area contributed by atoms with Crippen LogP contribution < -0.4 is 10.1 Å². The van der Waals surface area contributed by atoms with E-state index in [4.69, 9.17) is 9.15 Å². The molecule has 160 valence electrons. The van der Waals surface area contributed by atoms with Crippen molar-refractivity contribution >= 4 is 18.3 Å². The average molecular weight is 430 g/mol. The van der Waals surface area contributed by atoms with Crippen molar-refractivity contribution in [2.24, 2.45) is 0 Å². The standard InChI is InChI=1S/C23H27N3O3.ClH/c1-3-28-23-21(11-6-13-25-23)20-10-5-4-8-18(20)12-14-26(17-22(27)24-2)16-19-9-7-15-29-19;/h4-11,13,15H,3,12,14,16-17H2,1-2H3,(H,24,27);1H. The summed E-state index contributed by atoms with van der Waals surface area (Å²) in [7, 11) is 1.65. The number of furan rings is 1. The monoisotopic (exact) mass is 429 g/mol. The molecule has 7 heteroatoms. The van der Waals surface area contributed by atoms with Crippen LogP contribution in [0.25, 0.3) is 11.1 Å². The van der Waals surface area contributed by atoms with Crippen LogP contribution in [0.15, 0.2) is 65.4 Å². The van der Waals surface area contributed by atoms with Gasteiger partial charge in [-0.2, -0.15) is 0 Å². The normalized spacial score (nSPS) is 10.5. The lowest BCUT2D eigenvalue weighted by Crippen LogP contribution is -2.36. The average Bonchev–Trinajstić information content (AvgIpc) is 3.26. The van der Waals surface area contributed by atoms with Crippen LogP contribution in [0.4, 0.5) is 0 Å². The molecule has 0 aliphatic heterocycles. The van der Waals surface area contributed by atoms with Gasteiger partial charge in [-0.05, 0) is 48.7 Å². The van der Waals surface area contributed by atoms with Gasteiger partial charge in [0.25, 0.3) is 0 Å². The summed E-state index contributed by atoms with van der Waals surface area (Å²) in [6.45, 7) is 4.14. The van der Waals surface area contributed by atoms with Gasteiger partial charge in [0.1, 0.15) is 5.76 Å². The van der Waals surface area contributed by atoms with E-state index < -0.39 is 0 Å². The SMILES string of the molecule is CCOc1ncccc1-c1ccccc1CCN(CC(=O)NC)Cc1ccco1.Cl. The van der Waals surface area contributed by atoms with Gasteiger partial charge in [0.05, 0.1) is 26.0 Å². The van der Waals surface area contributed by atoms with Crippen LogP contribution >= 0.6 is 12.4 Å². The van der Waals surface area contributed by atoms with E-state index in [2.05, 4.69) is 27.3 Å². The Morgan fingerprint density at radius 2 is 1.93 bits per heavy atom. The third-order valence-corrected chi connectivity index (χ3v) is 4.66. The maximum atomic E-state index is 12.0. The third-order valence-electron chi connectivity index (χ3n) is 4.66. The number of hydrogen-bond acceptors (Lipinski definition) is 5. The van der Waals surface area contributed by atoms with Gasteiger partial charge in [0.2, 0.25) is 11.8 Å². The molecule has 0 aliphatic rings. The van der Waals surface area contributed by atoms with E-state index >= 15 is 0 Å². The Morgan fingerprint density at radius 1 is 1.13 bits per heavy atom. The molecular formula is C23H28ClN3O3. The van der Waals surface area contributed by atoms with Crippen LogP contribution in [-0.2, 0) is 17.8 Å². The predicted molar refractivity (Wildman–Crippen MR) is 120 cm³/mol. The first kappa shape index (κ1) is 23.4. The number of nitrogens with zero attached hydrogens (tertiary/aromatic N) is 2. The number of halogens is 1. The van der Waals surface area contributed by atoms with Crippen LogP contribution in [0.1, 0.15) is 18.2 Å². The molecule has 0 aliphatic carbocycles. The largest absolute Gasteiger partial charge is 0.478 e. The molecule has 0 radical (unpaired) electrons. The van der Waals surface area contributed by atoms with Gasteiger partial charge in [0, 0.05) is 25.4 Å². The fourth-order valence-electron chi connectivity index (χ4n) is 3.25. The second-order valence-corrected chi connectivity index (χ2v) is 6.66. The number of carbonyl (C=O) groups is 1. The number of rotatable bonds is 10. The molecule has 1 aromatic carbocycles. The van der Waals surface area contributed by atoms with Gasteiger partial charge in [-0.25, -0.2) is 4.98 Å². The summed E-state index contributed by atoms with van der Waals surface area (Å²) in [6.07, 6.45) is 4.18. The summed E-state index contributed by atoms with van der Waals surface area (Å²) >= 11 is 0. The van der Waals surface area contributed by atoms with Crippen LogP contribution in [0.5, 0.6) is 5.88 Å². The molecule has 6 nitrogen and oxygen atoms in total. The Morgan fingerprint density at radius 3 is 2.67 bits per heavy atom. The quantitative estimate of drug-likeness (QED) is 0.528. The van der Waals surface area contributed by atoms with Gasteiger partial charge >= 0.3 is 0 Å². The molecule has 3 aromatic rings. The molecule has 0 fully saturated rings. The number of nitrogens with one attached hydrogen (secondary N) is 1. The van der Waals surface area contributed by atoms with Crippen molar-refractivity contribution < 1.29 is 13.9 Å². The number of ether oxygens (including phenoxy) is 1. The Hall–Kier alpha value is -2.83. The first-order chi connectivity index (χ1) is 14.2. The van der Waals surface area contributed by atoms with Crippen molar-refractivity contribution in [3.63, 3.8) is 0 Å². The summed E-state index contributed by atoms with van der Waals surface area (Å²) in [5.41, 5.74) is 3.26. The molecule has 1 N–H and O–H groups in total. The number of aromatic nitrogens is 1. The van der Waals surface area contributed by atoms with Crippen LogP contribution in [-0.4, -0.2) is 42.5 Å². The van der Waals surface area contributed by atoms with Crippen molar-refractivity contribution in [2.75, 3.05) is 26.7 Å². The van der Waals surface area contributed by atoms with E-state index in [0.29, 0.717) is 25.6 Å². The summed E-state index contributed by atoms with van der Waals surface area (Å²) in [5, 5.41) is 2.70. The first-order valence-electron chi connectivity index (χ1n) is 9.82. The highest BCUT2D eigenvalue weighted by Gasteiger charge is 2.15. The topological polar surface area (TPSA) is 67.6 Å². The Kier molecular flexibility index (Phi) is 9.38. The summed E-state index contributed by atoms with van der Waals surface area (Å²) in [5.74, 6) is 1.46. The molecule has 1 amide bonds. The lowest BCUT2D eigenvalue weighted by molar-refractivity contribution is -0.121. The molecule has 0 saturated carbocycles.